The Morgan fingerprint density at radius 1 is 0.385 bits per heavy atom. The molecule has 0 amide bonds. The number of rotatable bonds is 7. The first-order chi connectivity index (χ1) is 19.3. The lowest BCUT2D eigenvalue weighted by Crippen LogP contribution is -2.22. The molecule has 0 spiro atoms. The third-order valence-corrected chi connectivity index (χ3v) is 7.29. The molecule has 1 heterocycles. The normalized spacial score (nSPS) is 11.1. The zero-order valence-electron chi connectivity index (χ0n) is 21.6. The molecule has 6 aromatic rings. The summed E-state index contributed by atoms with van der Waals surface area (Å²) in [6.45, 7) is 0. The van der Waals surface area contributed by atoms with E-state index in [4.69, 9.17) is 0 Å². The summed E-state index contributed by atoms with van der Waals surface area (Å²) in [6.07, 6.45) is 0. The van der Waals surface area contributed by atoms with Gasteiger partial charge in [0.15, 0.2) is 0 Å². The van der Waals surface area contributed by atoms with Crippen LogP contribution in [0.5, 0.6) is 0 Å². The SMILES string of the molecule is O=C(c1ccccc1)n1c(C(c2ccccc2)c2ccccc2)ccc1C(c1ccccc1)c1ccccc1. The maximum absolute atomic E-state index is 14.4. The van der Waals surface area contributed by atoms with Crippen molar-refractivity contribution in [3.05, 3.63) is 203 Å². The van der Waals surface area contributed by atoms with E-state index in [1.54, 1.807) is 0 Å². The van der Waals surface area contributed by atoms with Gasteiger partial charge in [-0.15, -0.1) is 0 Å². The van der Waals surface area contributed by atoms with E-state index in [0.717, 1.165) is 33.6 Å². The molecular formula is C37H29NO. The third-order valence-electron chi connectivity index (χ3n) is 7.29. The standard InChI is InChI=1S/C37H29NO/c39-37(32-24-14-5-15-25-32)38-33(35(28-16-6-1-7-17-28)29-18-8-2-9-19-29)26-27-34(38)36(30-20-10-3-11-21-30)31-22-12-4-13-23-31/h1-27,35-36H. The first kappa shape index (κ1) is 24.4. The third kappa shape index (κ3) is 4.97. The molecule has 0 aliphatic carbocycles. The summed E-state index contributed by atoms with van der Waals surface area (Å²) >= 11 is 0. The highest BCUT2D eigenvalue weighted by molar-refractivity contribution is 5.97. The van der Waals surface area contributed by atoms with Crippen LogP contribution in [0.1, 0.15) is 55.8 Å². The van der Waals surface area contributed by atoms with Gasteiger partial charge in [-0.2, -0.15) is 0 Å². The average Bonchev–Trinajstić information content (AvgIpc) is 3.43. The quantitative estimate of drug-likeness (QED) is 0.214. The highest BCUT2D eigenvalue weighted by Crippen LogP contribution is 2.38. The van der Waals surface area contributed by atoms with Crippen LogP contribution in [-0.2, 0) is 0 Å². The summed E-state index contributed by atoms with van der Waals surface area (Å²) < 4.78 is 1.96. The lowest BCUT2D eigenvalue weighted by atomic mass is 9.87. The van der Waals surface area contributed by atoms with Gasteiger partial charge in [0.05, 0.1) is 0 Å². The molecule has 0 radical (unpaired) electrons. The number of benzene rings is 5. The second-order valence-corrected chi connectivity index (χ2v) is 9.70. The van der Waals surface area contributed by atoms with Crippen molar-refractivity contribution in [2.75, 3.05) is 0 Å². The Labute approximate surface area is 229 Å². The molecule has 0 unspecified atom stereocenters. The lowest BCUT2D eigenvalue weighted by Gasteiger charge is -2.25. The molecule has 0 atom stereocenters. The monoisotopic (exact) mass is 503 g/mol. The van der Waals surface area contributed by atoms with E-state index >= 15 is 0 Å². The van der Waals surface area contributed by atoms with E-state index in [1.807, 2.05) is 59.2 Å². The number of nitrogens with zero attached hydrogens (tertiary/aromatic N) is 1. The van der Waals surface area contributed by atoms with Crippen molar-refractivity contribution >= 4 is 5.91 Å². The van der Waals surface area contributed by atoms with Gasteiger partial charge in [-0.05, 0) is 46.5 Å². The van der Waals surface area contributed by atoms with E-state index < -0.39 is 0 Å². The van der Waals surface area contributed by atoms with E-state index in [9.17, 15) is 4.79 Å². The van der Waals surface area contributed by atoms with Gasteiger partial charge in [-0.3, -0.25) is 9.36 Å². The van der Waals surface area contributed by atoms with E-state index in [0.29, 0.717) is 5.56 Å². The summed E-state index contributed by atoms with van der Waals surface area (Å²) in [5.41, 5.74) is 7.15. The van der Waals surface area contributed by atoms with Crippen molar-refractivity contribution in [1.82, 2.24) is 4.57 Å². The molecule has 0 N–H and O–H groups in total. The van der Waals surface area contributed by atoms with Gasteiger partial charge in [0.1, 0.15) is 0 Å². The fourth-order valence-corrected chi connectivity index (χ4v) is 5.51. The molecule has 0 aliphatic rings. The first-order valence-corrected chi connectivity index (χ1v) is 13.3. The summed E-state index contributed by atoms with van der Waals surface area (Å²) in [5.74, 6) is -0.249. The van der Waals surface area contributed by atoms with Gasteiger partial charge in [-0.25, -0.2) is 0 Å². The van der Waals surface area contributed by atoms with Crippen molar-refractivity contribution in [2.24, 2.45) is 0 Å². The fourth-order valence-electron chi connectivity index (χ4n) is 5.51. The molecule has 5 aromatic carbocycles. The Hall–Kier alpha value is -4.95. The molecule has 0 saturated carbocycles. The predicted molar refractivity (Wildman–Crippen MR) is 158 cm³/mol. The minimum atomic E-state index is -0.110. The largest absolute Gasteiger partial charge is 0.283 e. The molecule has 0 aliphatic heterocycles. The molecule has 2 heteroatoms. The number of aromatic nitrogens is 1. The van der Waals surface area contributed by atoms with Gasteiger partial charge in [0, 0.05) is 28.8 Å². The molecule has 2 nitrogen and oxygen atoms in total. The summed E-state index contributed by atoms with van der Waals surface area (Å²) in [5, 5.41) is 0. The van der Waals surface area contributed by atoms with Crippen molar-refractivity contribution in [3.8, 4) is 0 Å². The van der Waals surface area contributed by atoms with E-state index in [2.05, 4.69) is 109 Å². The zero-order valence-corrected chi connectivity index (χ0v) is 21.6. The van der Waals surface area contributed by atoms with Crippen LogP contribution in [0.15, 0.2) is 164 Å². The van der Waals surface area contributed by atoms with Crippen molar-refractivity contribution in [3.63, 3.8) is 0 Å². The minimum Gasteiger partial charge on any atom is -0.283 e. The molecular weight excluding hydrogens is 474 g/mol. The van der Waals surface area contributed by atoms with Gasteiger partial charge in [0.25, 0.3) is 5.91 Å². The molecule has 39 heavy (non-hydrogen) atoms. The van der Waals surface area contributed by atoms with E-state index in [1.165, 1.54) is 0 Å². The molecule has 1 aromatic heterocycles. The van der Waals surface area contributed by atoms with Gasteiger partial charge >= 0.3 is 0 Å². The molecule has 0 fully saturated rings. The minimum absolute atomic E-state index is 0.0284. The van der Waals surface area contributed by atoms with E-state index in [-0.39, 0.29) is 17.7 Å². The predicted octanol–water partition coefficient (Wildman–Crippen LogP) is 8.54. The molecule has 6 rings (SSSR count). The smallest absolute Gasteiger partial charge is 0.262 e. The number of carbonyl (C=O) groups is 1. The maximum atomic E-state index is 14.4. The van der Waals surface area contributed by atoms with Gasteiger partial charge < -0.3 is 0 Å². The van der Waals surface area contributed by atoms with Crippen LogP contribution in [-0.4, -0.2) is 10.5 Å². The van der Waals surface area contributed by atoms with Crippen molar-refractivity contribution in [2.45, 2.75) is 11.8 Å². The Bertz CT molecular complexity index is 1460. The first-order valence-electron chi connectivity index (χ1n) is 13.3. The van der Waals surface area contributed by atoms with Crippen LogP contribution in [0, 0.1) is 0 Å². The number of hydrogen-bond donors (Lipinski definition) is 0. The Kier molecular flexibility index (Phi) is 7.01. The Morgan fingerprint density at radius 3 is 0.974 bits per heavy atom. The highest BCUT2D eigenvalue weighted by atomic mass is 16.2. The van der Waals surface area contributed by atoms with Crippen molar-refractivity contribution < 1.29 is 4.79 Å². The number of hydrogen-bond acceptors (Lipinski definition) is 1. The second kappa shape index (κ2) is 11.2. The van der Waals surface area contributed by atoms with Crippen LogP contribution < -0.4 is 0 Å². The summed E-state index contributed by atoms with van der Waals surface area (Å²) in [4.78, 5) is 14.4. The topological polar surface area (TPSA) is 22.0 Å². The fraction of sp³-hybridized carbons (Fsp3) is 0.0541. The van der Waals surface area contributed by atoms with Crippen LogP contribution in [0.25, 0.3) is 0 Å². The molecule has 188 valence electrons. The highest BCUT2D eigenvalue weighted by Gasteiger charge is 2.29. The zero-order chi connectivity index (χ0) is 26.4. The van der Waals surface area contributed by atoms with Crippen LogP contribution in [0.4, 0.5) is 0 Å². The average molecular weight is 504 g/mol. The van der Waals surface area contributed by atoms with Crippen LogP contribution >= 0.6 is 0 Å². The lowest BCUT2D eigenvalue weighted by molar-refractivity contribution is 0.0953. The molecule has 0 saturated heterocycles. The van der Waals surface area contributed by atoms with Crippen molar-refractivity contribution in [1.29, 1.82) is 0 Å². The van der Waals surface area contributed by atoms with Gasteiger partial charge in [0.2, 0.25) is 0 Å². The van der Waals surface area contributed by atoms with Crippen LogP contribution in [0.2, 0.25) is 0 Å². The summed E-state index contributed by atoms with van der Waals surface area (Å²) in [6, 6.07) is 55.7. The maximum Gasteiger partial charge on any atom is 0.262 e. The Morgan fingerprint density at radius 2 is 0.667 bits per heavy atom. The number of carbonyl (C=O) groups excluding carboxylic acids is 1. The Balaban J connectivity index is 1.63. The van der Waals surface area contributed by atoms with Crippen LogP contribution in [0.3, 0.4) is 0 Å². The summed E-state index contributed by atoms with van der Waals surface area (Å²) in [7, 11) is 0. The van der Waals surface area contributed by atoms with Gasteiger partial charge in [-0.1, -0.05) is 140 Å². The second-order valence-electron chi connectivity index (χ2n) is 9.70. The molecule has 0 bridgehead atoms.